The maximum atomic E-state index is 4.48. The van der Waals surface area contributed by atoms with Crippen LogP contribution in [-0.4, -0.2) is 26.1 Å². The molecule has 1 N–H and O–H groups in total. The van der Waals surface area contributed by atoms with Crippen LogP contribution >= 0.6 is 0 Å². The molecular formula is C13H17N3. The Kier molecular flexibility index (Phi) is 2.69. The van der Waals surface area contributed by atoms with E-state index >= 15 is 0 Å². The molecule has 1 aromatic carbocycles. The number of pyridine rings is 1. The van der Waals surface area contributed by atoms with Gasteiger partial charge in [0.25, 0.3) is 0 Å². The van der Waals surface area contributed by atoms with E-state index in [-0.39, 0.29) is 0 Å². The number of anilines is 2. The van der Waals surface area contributed by atoms with Crippen LogP contribution < -0.4 is 10.2 Å². The lowest BCUT2D eigenvalue weighted by Crippen LogP contribution is -2.11. The fourth-order valence-corrected chi connectivity index (χ4v) is 2.02. The first-order valence-electron chi connectivity index (χ1n) is 5.38. The van der Waals surface area contributed by atoms with Gasteiger partial charge < -0.3 is 10.2 Å². The molecule has 3 nitrogen and oxygen atoms in total. The largest absolute Gasteiger partial charge is 0.386 e. The average molecular weight is 215 g/mol. The highest BCUT2D eigenvalue weighted by Gasteiger charge is 2.09. The van der Waals surface area contributed by atoms with Crippen LogP contribution in [0.15, 0.2) is 24.4 Å². The summed E-state index contributed by atoms with van der Waals surface area (Å²) in [5.41, 5.74) is 2.35. The van der Waals surface area contributed by atoms with Crippen LogP contribution in [0.3, 0.4) is 0 Å². The van der Waals surface area contributed by atoms with Crippen LogP contribution in [0.4, 0.5) is 11.5 Å². The Morgan fingerprint density at radius 3 is 2.62 bits per heavy atom. The monoisotopic (exact) mass is 215 g/mol. The summed E-state index contributed by atoms with van der Waals surface area (Å²) in [6, 6.07) is 6.32. The highest BCUT2D eigenvalue weighted by Crippen LogP contribution is 2.31. The molecule has 0 saturated carbocycles. The van der Waals surface area contributed by atoms with Crippen molar-refractivity contribution in [2.75, 3.05) is 31.4 Å². The molecule has 16 heavy (non-hydrogen) atoms. The Hall–Kier alpha value is -1.77. The minimum atomic E-state index is 1.01. The van der Waals surface area contributed by atoms with Gasteiger partial charge in [0.2, 0.25) is 0 Å². The molecule has 0 atom stereocenters. The van der Waals surface area contributed by atoms with E-state index in [9.17, 15) is 0 Å². The molecule has 0 aliphatic rings. The minimum Gasteiger partial charge on any atom is -0.386 e. The van der Waals surface area contributed by atoms with Crippen LogP contribution in [0, 0.1) is 6.92 Å². The first kappa shape index (κ1) is 10.7. The van der Waals surface area contributed by atoms with Crippen molar-refractivity contribution in [1.82, 2.24) is 4.98 Å². The fraction of sp³-hybridized carbons (Fsp3) is 0.308. The normalized spacial score (nSPS) is 10.5. The van der Waals surface area contributed by atoms with Crippen LogP contribution in [0.25, 0.3) is 10.8 Å². The molecule has 0 bridgehead atoms. The first-order valence-corrected chi connectivity index (χ1v) is 5.38. The number of nitrogens with zero attached hydrogens (tertiary/aromatic N) is 2. The number of aromatic nitrogens is 1. The smallest absolute Gasteiger partial charge is 0.136 e. The second-order valence-electron chi connectivity index (χ2n) is 4.14. The molecule has 84 valence electrons. The molecule has 0 saturated heterocycles. The van der Waals surface area contributed by atoms with Crippen molar-refractivity contribution in [3.63, 3.8) is 0 Å². The Balaban J connectivity index is 2.85. The predicted molar refractivity (Wildman–Crippen MR) is 70.4 cm³/mol. The second kappa shape index (κ2) is 4.00. The lowest BCUT2D eigenvalue weighted by atomic mass is 10.1. The number of hydrogen-bond acceptors (Lipinski definition) is 3. The lowest BCUT2D eigenvalue weighted by molar-refractivity contribution is 1.08. The van der Waals surface area contributed by atoms with Gasteiger partial charge in [0, 0.05) is 31.9 Å². The number of nitrogens with one attached hydrogen (secondary N) is 1. The van der Waals surface area contributed by atoms with Crippen LogP contribution in [0.1, 0.15) is 5.56 Å². The first-order chi connectivity index (χ1) is 7.65. The van der Waals surface area contributed by atoms with Crippen molar-refractivity contribution in [3.8, 4) is 0 Å². The number of aryl methyl sites for hydroxylation is 1. The van der Waals surface area contributed by atoms with E-state index < -0.39 is 0 Å². The standard InChI is InChI=1S/C13H17N3/c1-9-6-5-7-10-12(9)11(14-2)8-15-13(10)16(3)4/h5-8,14H,1-4H3. The van der Waals surface area contributed by atoms with Crippen LogP contribution in [0.2, 0.25) is 0 Å². The lowest BCUT2D eigenvalue weighted by Gasteiger charge is -2.17. The van der Waals surface area contributed by atoms with Gasteiger partial charge in [0.1, 0.15) is 5.82 Å². The molecule has 1 heterocycles. The highest BCUT2D eigenvalue weighted by atomic mass is 15.1. The third-order valence-corrected chi connectivity index (χ3v) is 2.79. The van der Waals surface area contributed by atoms with E-state index in [1.807, 2.05) is 32.2 Å². The summed E-state index contributed by atoms with van der Waals surface area (Å²) in [7, 11) is 5.96. The highest BCUT2D eigenvalue weighted by molar-refractivity contribution is 6.02. The van der Waals surface area contributed by atoms with E-state index in [4.69, 9.17) is 0 Å². The van der Waals surface area contributed by atoms with Gasteiger partial charge in [-0.3, -0.25) is 0 Å². The SMILES string of the molecule is CNc1cnc(N(C)C)c2cccc(C)c12. The van der Waals surface area contributed by atoms with Gasteiger partial charge in [-0.15, -0.1) is 0 Å². The quantitative estimate of drug-likeness (QED) is 0.834. The Morgan fingerprint density at radius 2 is 2.00 bits per heavy atom. The third-order valence-electron chi connectivity index (χ3n) is 2.79. The maximum absolute atomic E-state index is 4.48. The number of rotatable bonds is 2. The van der Waals surface area contributed by atoms with Gasteiger partial charge >= 0.3 is 0 Å². The van der Waals surface area contributed by atoms with Gasteiger partial charge in [-0.1, -0.05) is 18.2 Å². The molecule has 0 spiro atoms. The molecule has 2 aromatic rings. The van der Waals surface area contributed by atoms with Gasteiger partial charge in [0.05, 0.1) is 11.9 Å². The van der Waals surface area contributed by atoms with E-state index in [2.05, 4.69) is 35.4 Å². The molecule has 0 fully saturated rings. The van der Waals surface area contributed by atoms with Crippen molar-refractivity contribution in [2.45, 2.75) is 6.92 Å². The molecule has 0 amide bonds. The van der Waals surface area contributed by atoms with Crippen molar-refractivity contribution in [3.05, 3.63) is 30.0 Å². The van der Waals surface area contributed by atoms with E-state index in [0.29, 0.717) is 0 Å². The predicted octanol–water partition coefficient (Wildman–Crippen LogP) is 2.65. The van der Waals surface area contributed by atoms with Crippen molar-refractivity contribution in [2.24, 2.45) is 0 Å². The number of fused-ring (bicyclic) bond motifs is 1. The third kappa shape index (κ3) is 1.58. The Labute approximate surface area is 96.1 Å². The second-order valence-corrected chi connectivity index (χ2v) is 4.14. The molecule has 0 radical (unpaired) electrons. The van der Waals surface area contributed by atoms with Crippen LogP contribution in [-0.2, 0) is 0 Å². The summed E-state index contributed by atoms with van der Waals surface area (Å²) in [5.74, 6) is 1.01. The van der Waals surface area contributed by atoms with Gasteiger partial charge in [0.15, 0.2) is 0 Å². The summed E-state index contributed by atoms with van der Waals surface area (Å²) in [6.45, 7) is 2.13. The van der Waals surface area contributed by atoms with Gasteiger partial charge in [-0.2, -0.15) is 0 Å². The van der Waals surface area contributed by atoms with Crippen LogP contribution in [0.5, 0.6) is 0 Å². The molecule has 2 rings (SSSR count). The summed E-state index contributed by atoms with van der Waals surface area (Å²) in [6.07, 6.45) is 1.89. The van der Waals surface area contributed by atoms with Gasteiger partial charge in [-0.05, 0) is 12.5 Å². The molecule has 1 aromatic heterocycles. The van der Waals surface area contributed by atoms with E-state index in [0.717, 1.165) is 11.5 Å². The van der Waals surface area contributed by atoms with E-state index in [1.165, 1.54) is 16.3 Å². The summed E-state index contributed by atoms with van der Waals surface area (Å²) < 4.78 is 0. The molecular weight excluding hydrogens is 198 g/mol. The van der Waals surface area contributed by atoms with Crippen molar-refractivity contribution >= 4 is 22.3 Å². The summed E-state index contributed by atoms with van der Waals surface area (Å²) in [5, 5.41) is 5.64. The Morgan fingerprint density at radius 1 is 1.25 bits per heavy atom. The Bertz CT molecular complexity index is 518. The topological polar surface area (TPSA) is 28.2 Å². The minimum absolute atomic E-state index is 1.01. The fourth-order valence-electron chi connectivity index (χ4n) is 2.02. The van der Waals surface area contributed by atoms with Gasteiger partial charge in [-0.25, -0.2) is 4.98 Å². The zero-order valence-corrected chi connectivity index (χ0v) is 10.2. The zero-order valence-electron chi connectivity index (χ0n) is 10.2. The van der Waals surface area contributed by atoms with Crippen molar-refractivity contribution < 1.29 is 0 Å². The number of hydrogen-bond donors (Lipinski definition) is 1. The molecule has 0 aliphatic carbocycles. The van der Waals surface area contributed by atoms with Crippen molar-refractivity contribution in [1.29, 1.82) is 0 Å². The number of benzene rings is 1. The average Bonchev–Trinajstić information content (AvgIpc) is 2.27. The zero-order chi connectivity index (χ0) is 11.7. The molecule has 0 aliphatic heterocycles. The molecule has 3 heteroatoms. The summed E-state index contributed by atoms with van der Waals surface area (Å²) in [4.78, 5) is 6.52. The summed E-state index contributed by atoms with van der Waals surface area (Å²) >= 11 is 0. The molecule has 0 unspecified atom stereocenters. The maximum Gasteiger partial charge on any atom is 0.136 e. The van der Waals surface area contributed by atoms with E-state index in [1.54, 1.807) is 0 Å².